The summed E-state index contributed by atoms with van der Waals surface area (Å²) in [5.41, 5.74) is 8.14. The minimum Gasteiger partial charge on any atom is -0.398 e. The zero-order chi connectivity index (χ0) is 10.8. The predicted octanol–water partition coefficient (Wildman–Crippen LogP) is 3.84. The number of nitrogens with two attached hydrogens (primary N) is 1. The molecule has 0 aliphatic rings. The summed E-state index contributed by atoms with van der Waals surface area (Å²) in [6.45, 7) is 0. The van der Waals surface area contributed by atoms with Crippen LogP contribution in [0.5, 0.6) is 0 Å². The molecule has 0 amide bonds. The molecule has 0 unspecified atom stereocenters. The van der Waals surface area contributed by atoms with Crippen LogP contribution in [0.4, 0.5) is 10.1 Å². The van der Waals surface area contributed by atoms with Crippen molar-refractivity contribution in [2.45, 2.75) is 0 Å². The van der Waals surface area contributed by atoms with Gasteiger partial charge in [0, 0.05) is 10.2 Å². The van der Waals surface area contributed by atoms with Crippen molar-refractivity contribution in [3.63, 3.8) is 0 Å². The average Bonchev–Trinajstić information content (AvgIpc) is 2.22. The summed E-state index contributed by atoms with van der Waals surface area (Å²) in [6, 6.07) is 12.0. The summed E-state index contributed by atoms with van der Waals surface area (Å²) in [5, 5.41) is 0. The topological polar surface area (TPSA) is 26.0 Å². The van der Waals surface area contributed by atoms with E-state index in [0.29, 0.717) is 5.69 Å². The molecule has 76 valence electrons. The van der Waals surface area contributed by atoms with Crippen LogP contribution < -0.4 is 5.73 Å². The van der Waals surface area contributed by atoms with E-state index in [0.717, 1.165) is 15.6 Å². The molecule has 0 radical (unpaired) electrons. The first-order chi connectivity index (χ1) is 7.16. The third-order valence-electron chi connectivity index (χ3n) is 2.16. The summed E-state index contributed by atoms with van der Waals surface area (Å²) < 4.78 is 13.8. The van der Waals surface area contributed by atoms with E-state index < -0.39 is 0 Å². The first-order valence-corrected chi connectivity index (χ1v) is 5.27. The third kappa shape index (κ3) is 2.18. The summed E-state index contributed by atoms with van der Waals surface area (Å²) in [4.78, 5) is 0. The normalized spacial score (nSPS) is 10.3. The van der Waals surface area contributed by atoms with Gasteiger partial charge in [0.05, 0.1) is 0 Å². The van der Waals surface area contributed by atoms with Crippen molar-refractivity contribution >= 4 is 21.6 Å². The fourth-order valence-electron chi connectivity index (χ4n) is 1.37. The molecule has 2 N–H and O–H groups in total. The maximum atomic E-state index is 13.0. The lowest BCUT2D eigenvalue weighted by Crippen LogP contribution is -1.87. The molecule has 3 heteroatoms. The Hall–Kier alpha value is -1.35. The van der Waals surface area contributed by atoms with Crippen molar-refractivity contribution in [1.29, 1.82) is 0 Å². The first-order valence-electron chi connectivity index (χ1n) is 4.48. The standard InChI is InChI=1S/C12H9BrFN/c13-11-7-9(4-5-12(11)15)8-2-1-3-10(14)6-8/h1-7H,15H2. The molecule has 2 rings (SSSR count). The first kappa shape index (κ1) is 10.2. The highest BCUT2D eigenvalue weighted by molar-refractivity contribution is 9.10. The molecule has 0 heterocycles. The van der Waals surface area contributed by atoms with Crippen LogP contribution >= 0.6 is 15.9 Å². The zero-order valence-corrected chi connectivity index (χ0v) is 9.46. The Morgan fingerprint density at radius 1 is 1.00 bits per heavy atom. The summed E-state index contributed by atoms with van der Waals surface area (Å²) in [6.07, 6.45) is 0. The van der Waals surface area contributed by atoms with Gasteiger partial charge in [0.25, 0.3) is 0 Å². The minimum absolute atomic E-state index is 0.236. The number of anilines is 1. The van der Waals surface area contributed by atoms with Gasteiger partial charge in [0.15, 0.2) is 0 Å². The van der Waals surface area contributed by atoms with E-state index in [9.17, 15) is 4.39 Å². The average molecular weight is 266 g/mol. The second kappa shape index (κ2) is 4.03. The maximum Gasteiger partial charge on any atom is 0.123 e. The van der Waals surface area contributed by atoms with Crippen LogP contribution in [0.1, 0.15) is 0 Å². The summed E-state index contributed by atoms with van der Waals surface area (Å²) in [5.74, 6) is -0.236. The van der Waals surface area contributed by atoms with Crippen molar-refractivity contribution < 1.29 is 4.39 Å². The highest BCUT2D eigenvalue weighted by Crippen LogP contribution is 2.27. The molecule has 0 atom stereocenters. The van der Waals surface area contributed by atoms with Crippen molar-refractivity contribution in [3.8, 4) is 11.1 Å². The smallest absolute Gasteiger partial charge is 0.123 e. The summed E-state index contributed by atoms with van der Waals surface area (Å²) in [7, 11) is 0. The van der Waals surface area contributed by atoms with Gasteiger partial charge >= 0.3 is 0 Å². The van der Waals surface area contributed by atoms with Gasteiger partial charge in [-0.3, -0.25) is 0 Å². The molecule has 2 aromatic rings. The Morgan fingerprint density at radius 2 is 1.73 bits per heavy atom. The van der Waals surface area contributed by atoms with Gasteiger partial charge in [-0.15, -0.1) is 0 Å². The number of hydrogen-bond donors (Lipinski definition) is 1. The summed E-state index contributed by atoms with van der Waals surface area (Å²) >= 11 is 3.34. The van der Waals surface area contributed by atoms with Crippen molar-refractivity contribution in [2.24, 2.45) is 0 Å². The van der Waals surface area contributed by atoms with Crippen LogP contribution in [-0.4, -0.2) is 0 Å². The Labute approximate surface area is 95.9 Å². The number of halogens is 2. The predicted molar refractivity (Wildman–Crippen MR) is 63.9 cm³/mol. The van der Waals surface area contributed by atoms with Crippen LogP contribution in [0.15, 0.2) is 46.9 Å². The monoisotopic (exact) mass is 265 g/mol. The van der Waals surface area contributed by atoms with E-state index in [-0.39, 0.29) is 5.82 Å². The Balaban J connectivity index is 2.50. The van der Waals surface area contributed by atoms with E-state index in [2.05, 4.69) is 15.9 Å². The van der Waals surface area contributed by atoms with E-state index >= 15 is 0 Å². The molecule has 0 aliphatic carbocycles. The molecule has 0 spiro atoms. The maximum absolute atomic E-state index is 13.0. The molecule has 0 fully saturated rings. The molecule has 0 saturated carbocycles. The lowest BCUT2D eigenvalue weighted by molar-refractivity contribution is 0.628. The molecule has 1 nitrogen and oxygen atoms in total. The molecular weight excluding hydrogens is 257 g/mol. The molecule has 0 bridgehead atoms. The second-order valence-corrected chi connectivity index (χ2v) is 4.10. The van der Waals surface area contributed by atoms with Gasteiger partial charge in [-0.2, -0.15) is 0 Å². The number of nitrogen functional groups attached to an aromatic ring is 1. The fourth-order valence-corrected chi connectivity index (χ4v) is 1.75. The van der Waals surface area contributed by atoms with Crippen molar-refractivity contribution in [1.82, 2.24) is 0 Å². The zero-order valence-electron chi connectivity index (χ0n) is 7.87. The second-order valence-electron chi connectivity index (χ2n) is 3.25. The Morgan fingerprint density at radius 3 is 2.40 bits per heavy atom. The third-order valence-corrected chi connectivity index (χ3v) is 2.85. The molecule has 2 aromatic carbocycles. The van der Waals surface area contributed by atoms with Gasteiger partial charge in [0.1, 0.15) is 5.82 Å². The van der Waals surface area contributed by atoms with Gasteiger partial charge in [0.2, 0.25) is 0 Å². The quantitative estimate of drug-likeness (QED) is 0.780. The fraction of sp³-hybridized carbons (Fsp3) is 0. The van der Waals surface area contributed by atoms with Gasteiger partial charge in [-0.25, -0.2) is 4.39 Å². The molecule has 0 aliphatic heterocycles. The lowest BCUT2D eigenvalue weighted by atomic mass is 10.1. The number of rotatable bonds is 1. The number of hydrogen-bond acceptors (Lipinski definition) is 1. The highest BCUT2D eigenvalue weighted by atomic mass is 79.9. The van der Waals surface area contributed by atoms with Crippen molar-refractivity contribution in [3.05, 3.63) is 52.8 Å². The largest absolute Gasteiger partial charge is 0.398 e. The molecule has 15 heavy (non-hydrogen) atoms. The Bertz CT molecular complexity index is 497. The van der Waals surface area contributed by atoms with Gasteiger partial charge in [-0.1, -0.05) is 18.2 Å². The molecular formula is C12H9BrFN. The minimum atomic E-state index is -0.236. The number of benzene rings is 2. The van der Waals surface area contributed by atoms with Crippen LogP contribution in [0, 0.1) is 5.82 Å². The van der Waals surface area contributed by atoms with E-state index in [4.69, 9.17) is 5.73 Å². The molecule has 0 aromatic heterocycles. The van der Waals surface area contributed by atoms with Crippen LogP contribution in [0.2, 0.25) is 0 Å². The van der Waals surface area contributed by atoms with Crippen molar-refractivity contribution in [2.75, 3.05) is 5.73 Å². The highest BCUT2D eigenvalue weighted by Gasteiger charge is 2.01. The van der Waals surface area contributed by atoms with Gasteiger partial charge < -0.3 is 5.73 Å². The Kier molecular flexibility index (Phi) is 2.73. The lowest BCUT2D eigenvalue weighted by Gasteiger charge is -2.04. The van der Waals surface area contributed by atoms with Crippen LogP contribution in [0.3, 0.4) is 0 Å². The van der Waals surface area contributed by atoms with Crippen LogP contribution in [0.25, 0.3) is 11.1 Å². The van der Waals surface area contributed by atoms with E-state index in [1.165, 1.54) is 12.1 Å². The van der Waals surface area contributed by atoms with Gasteiger partial charge in [-0.05, 0) is 51.3 Å². The van der Waals surface area contributed by atoms with E-state index in [1.54, 1.807) is 12.1 Å². The van der Waals surface area contributed by atoms with E-state index in [1.807, 2.05) is 18.2 Å². The SMILES string of the molecule is Nc1ccc(-c2cccc(F)c2)cc1Br. The van der Waals surface area contributed by atoms with Crippen LogP contribution in [-0.2, 0) is 0 Å². The molecule has 0 saturated heterocycles.